The van der Waals surface area contributed by atoms with Crippen LogP contribution < -0.4 is 9.47 Å². The van der Waals surface area contributed by atoms with Gasteiger partial charge in [0.1, 0.15) is 11.5 Å². The summed E-state index contributed by atoms with van der Waals surface area (Å²) in [6.45, 7) is 3.97. The van der Waals surface area contributed by atoms with Gasteiger partial charge in [-0.15, -0.1) is 11.3 Å². The van der Waals surface area contributed by atoms with Crippen LogP contribution >= 0.6 is 11.3 Å². The summed E-state index contributed by atoms with van der Waals surface area (Å²) in [5, 5.41) is 0. The molecule has 0 radical (unpaired) electrons. The highest BCUT2D eigenvalue weighted by Gasteiger charge is 2.13. The lowest BCUT2D eigenvalue weighted by Crippen LogP contribution is -1.99. The van der Waals surface area contributed by atoms with Gasteiger partial charge < -0.3 is 9.47 Å². The lowest BCUT2D eigenvalue weighted by atomic mass is 10.1. The van der Waals surface area contributed by atoms with Crippen LogP contribution in [0.15, 0.2) is 30.5 Å². The maximum atomic E-state index is 12.5. The lowest BCUT2D eigenvalue weighted by Gasteiger charge is -2.07. The highest BCUT2D eigenvalue weighted by molar-refractivity contribution is 7.17. The number of aryl methyl sites for hydroxylation is 2. The van der Waals surface area contributed by atoms with Crippen molar-refractivity contribution in [2.45, 2.75) is 13.8 Å². The number of methoxy groups -OCH3 is 2. The molecule has 0 aliphatic heterocycles. The highest BCUT2D eigenvalue weighted by atomic mass is 32.1. The van der Waals surface area contributed by atoms with Gasteiger partial charge >= 0.3 is 0 Å². The predicted molar refractivity (Wildman–Crippen MR) is 95.5 cm³/mol. The van der Waals surface area contributed by atoms with Crippen LogP contribution in [0.2, 0.25) is 0 Å². The van der Waals surface area contributed by atoms with Crippen molar-refractivity contribution >= 4 is 28.2 Å². The van der Waals surface area contributed by atoms with Gasteiger partial charge in [-0.25, -0.2) is 4.98 Å². The maximum Gasteiger partial charge on any atom is 0.194 e. The van der Waals surface area contributed by atoms with Crippen molar-refractivity contribution < 1.29 is 14.3 Å². The SMILES string of the molecule is COc1ccc(C(=O)/C=C/c2c(C)nc3sc(C)cn23)c(OC)c1. The van der Waals surface area contributed by atoms with Crippen LogP contribution in [0.5, 0.6) is 11.5 Å². The van der Waals surface area contributed by atoms with E-state index in [0.717, 1.165) is 16.3 Å². The maximum absolute atomic E-state index is 12.5. The Morgan fingerprint density at radius 3 is 2.75 bits per heavy atom. The van der Waals surface area contributed by atoms with E-state index in [1.54, 1.807) is 48.8 Å². The number of allylic oxidation sites excluding steroid dienone is 1. The highest BCUT2D eigenvalue weighted by Crippen LogP contribution is 2.26. The van der Waals surface area contributed by atoms with Crippen molar-refractivity contribution in [1.29, 1.82) is 0 Å². The molecule has 0 saturated carbocycles. The minimum Gasteiger partial charge on any atom is -0.497 e. The van der Waals surface area contributed by atoms with Gasteiger partial charge in [-0.1, -0.05) is 0 Å². The first-order chi connectivity index (χ1) is 11.5. The molecule has 6 heteroatoms. The van der Waals surface area contributed by atoms with E-state index in [0.29, 0.717) is 17.1 Å². The fourth-order valence-electron chi connectivity index (χ4n) is 2.53. The van der Waals surface area contributed by atoms with Crippen LogP contribution in [0.4, 0.5) is 0 Å². The predicted octanol–water partition coefficient (Wildman–Crippen LogP) is 3.93. The third-order valence-corrected chi connectivity index (χ3v) is 4.63. The fraction of sp³-hybridized carbons (Fsp3) is 0.222. The molecule has 0 amide bonds. The second-order valence-electron chi connectivity index (χ2n) is 5.34. The Bertz CT molecular complexity index is 937. The molecular formula is C18H18N2O3S. The minimum atomic E-state index is -0.129. The number of benzene rings is 1. The molecular weight excluding hydrogens is 324 g/mol. The van der Waals surface area contributed by atoms with Gasteiger partial charge in [-0.3, -0.25) is 9.20 Å². The van der Waals surface area contributed by atoms with Gasteiger partial charge in [0.25, 0.3) is 0 Å². The number of aromatic nitrogens is 2. The zero-order valence-electron chi connectivity index (χ0n) is 14.0. The van der Waals surface area contributed by atoms with E-state index in [9.17, 15) is 4.79 Å². The number of hydrogen-bond acceptors (Lipinski definition) is 5. The number of rotatable bonds is 5. The number of ketones is 1. The molecule has 0 aliphatic rings. The van der Waals surface area contributed by atoms with Crippen LogP contribution in [0.3, 0.4) is 0 Å². The first kappa shape index (κ1) is 16.3. The number of carbonyl (C=O) groups excluding carboxylic acids is 1. The van der Waals surface area contributed by atoms with Crippen molar-refractivity contribution in [3.8, 4) is 11.5 Å². The molecule has 0 bridgehead atoms. The third-order valence-electron chi connectivity index (χ3n) is 3.73. The van der Waals surface area contributed by atoms with Gasteiger partial charge in [0.05, 0.1) is 31.2 Å². The summed E-state index contributed by atoms with van der Waals surface area (Å²) >= 11 is 1.63. The summed E-state index contributed by atoms with van der Waals surface area (Å²) in [6.07, 6.45) is 5.37. The number of nitrogens with zero attached hydrogens (tertiary/aromatic N) is 2. The Balaban J connectivity index is 1.93. The average molecular weight is 342 g/mol. The van der Waals surface area contributed by atoms with E-state index >= 15 is 0 Å². The van der Waals surface area contributed by atoms with Crippen LogP contribution in [0, 0.1) is 13.8 Å². The molecule has 0 fully saturated rings. The van der Waals surface area contributed by atoms with Gasteiger partial charge in [0.2, 0.25) is 0 Å². The third kappa shape index (κ3) is 2.92. The van der Waals surface area contributed by atoms with E-state index in [4.69, 9.17) is 9.47 Å². The molecule has 24 heavy (non-hydrogen) atoms. The standard InChI is InChI=1S/C18H18N2O3S/c1-11-10-20-15(12(2)19-18(20)24-11)7-8-16(21)14-6-5-13(22-3)9-17(14)23-4/h5-10H,1-4H3/b8-7+. The first-order valence-electron chi connectivity index (χ1n) is 7.43. The second-order valence-corrected chi connectivity index (χ2v) is 6.55. The number of imidazole rings is 1. The van der Waals surface area contributed by atoms with Gasteiger partial charge in [-0.05, 0) is 38.1 Å². The van der Waals surface area contributed by atoms with Crippen molar-refractivity contribution in [2.24, 2.45) is 0 Å². The normalized spacial score (nSPS) is 11.3. The Kier molecular flexibility index (Phi) is 4.40. The summed E-state index contributed by atoms with van der Waals surface area (Å²) in [6, 6.07) is 5.15. The van der Waals surface area contributed by atoms with E-state index in [1.807, 2.05) is 24.4 Å². The summed E-state index contributed by atoms with van der Waals surface area (Å²) in [5.74, 6) is 1.01. The summed E-state index contributed by atoms with van der Waals surface area (Å²) in [5.41, 5.74) is 2.30. The molecule has 0 N–H and O–H groups in total. The largest absolute Gasteiger partial charge is 0.497 e. The fourth-order valence-corrected chi connectivity index (χ4v) is 3.41. The zero-order chi connectivity index (χ0) is 17.3. The topological polar surface area (TPSA) is 52.8 Å². The number of fused-ring (bicyclic) bond motifs is 1. The van der Waals surface area contributed by atoms with E-state index in [1.165, 1.54) is 12.0 Å². The molecule has 3 aromatic rings. The number of ether oxygens (including phenoxy) is 2. The number of thiazole rings is 1. The van der Waals surface area contributed by atoms with Gasteiger partial charge in [-0.2, -0.15) is 0 Å². The Hall–Kier alpha value is -2.60. The molecule has 124 valence electrons. The first-order valence-corrected chi connectivity index (χ1v) is 8.24. The van der Waals surface area contributed by atoms with Crippen molar-refractivity contribution in [3.05, 3.63) is 52.3 Å². The Labute approximate surface area is 144 Å². The smallest absolute Gasteiger partial charge is 0.194 e. The average Bonchev–Trinajstić information content (AvgIpc) is 3.06. The van der Waals surface area contributed by atoms with Gasteiger partial charge in [0.15, 0.2) is 10.7 Å². The van der Waals surface area contributed by atoms with E-state index in [-0.39, 0.29) is 5.78 Å². The summed E-state index contributed by atoms with van der Waals surface area (Å²) < 4.78 is 12.5. The van der Waals surface area contributed by atoms with Crippen molar-refractivity contribution in [1.82, 2.24) is 9.38 Å². The second kappa shape index (κ2) is 6.49. The van der Waals surface area contributed by atoms with Crippen LogP contribution in [0.1, 0.15) is 26.6 Å². The lowest BCUT2D eigenvalue weighted by molar-refractivity contribution is 0.104. The monoisotopic (exact) mass is 342 g/mol. The molecule has 1 aromatic carbocycles. The quantitative estimate of drug-likeness (QED) is 0.521. The summed E-state index contributed by atoms with van der Waals surface area (Å²) in [7, 11) is 3.11. The molecule has 2 heterocycles. The number of carbonyl (C=O) groups is 1. The van der Waals surface area contributed by atoms with Crippen LogP contribution in [0.25, 0.3) is 11.0 Å². The zero-order valence-corrected chi connectivity index (χ0v) is 14.8. The Morgan fingerprint density at radius 2 is 2.04 bits per heavy atom. The van der Waals surface area contributed by atoms with Gasteiger partial charge in [0, 0.05) is 17.1 Å². The van der Waals surface area contributed by atoms with Crippen LogP contribution in [-0.2, 0) is 0 Å². The van der Waals surface area contributed by atoms with Crippen LogP contribution in [-0.4, -0.2) is 29.4 Å². The molecule has 3 rings (SSSR count). The molecule has 2 aromatic heterocycles. The molecule has 0 aliphatic carbocycles. The summed E-state index contributed by atoms with van der Waals surface area (Å²) in [4.78, 5) is 19.2. The molecule has 0 saturated heterocycles. The Morgan fingerprint density at radius 1 is 1.25 bits per heavy atom. The minimum absolute atomic E-state index is 0.129. The van der Waals surface area contributed by atoms with Crippen molar-refractivity contribution in [3.63, 3.8) is 0 Å². The van der Waals surface area contributed by atoms with E-state index < -0.39 is 0 Å². The van der Waals surface area contributed by atoms with E-state index in [2.05, 4.69) is 4.98 Å². The molecule has 0 spiro atoms. The number of hydrogen-bond donors (Lipinski definition) is 0. The molecule has 5 nitrogen and oxygen atoms in total. The molecule has 0 unspecified atom stereocenters. The van der Waals surface area contributed by atoms with Crippen molar-refractivity contribution in [2.75, 3.05) is 14.2 Å². The molecule has 0 atom stereocenters.